The molecule has 0 spiro atoms. The fourth-order valence-electron chi connectivity index (χ4n) is 3.82. The van der Waals surface area contributed by atoms with Gasteiger partial charge in [0.2, 0.25) is 0 Å². The van der Waals surface area contributed by atoms with E-state index in [9.17, 15) is 4.79 Å². The van der Waals surface area contributed by atoms with Crippen LogP contribution in [0.5, 0.6) is 0 Å². The Morgan fingerprint density at radius 3 is 2.37 bits per heavy atom. The topological polar surface area (TPSA) is 83.3 Å². The van der Waals surface area contributed by atoms with Gasteiger partial charge in [0.25, 0.3) is 5.91 Å². The Bertz CT molecular complexity index is 781. The molecule has 9 heteroatoms. The molecule has 1 atom stereocenters. The molecule has 2 aromatic heterocycles. The highest BCUT2D eigenvalue weighted by molar-refractivity contribution is 5.92. The molecule has 0 bridgehead atoms. The van der Waals surface area contributed by atoms with Gasteiger partial charge in [-0.3, -0.25) is 9.48 Å². The van der Waals surface area contributed by atoms with E-state index in [-0.39, 0.29) is 5.91 Å². The maximum absolute atomic E-state index is 12.5. The molecule has 0 radical (unpaired) electrons. The average Bonchev–Trinajstić information content (AvgIpc) is 3.14. The minimum Gasteiger partial charge on any atom is -0.352 e. The van der Waals surface area contributed by atoms with Crippen molar-refractivity contribution in [2.75, 3.05) is 42.5 Å². The first kappa shape index (κ1) is 17.7. The molecule has 2 aromatic rings. The summed E-state index contributed by atoms with van der Waals surface area (Å²) >= 11 is 0. The van der Waals surface area contributed by atoms with Crippen molar-refractivity contribution in [2.24, 2.45) is 7.05 Å². The zero-order valence-corrected chi connectivity index (χ0v) is 16.0. The molecular weight excluding hydrogens is 344 g/mol. The maximum Gasteiger partial charge on any atom is 0.276 e. The van der Waals surface area contributed by atoms with Gasteiger partial charge in [0, 0.05) is 45.8 Å². The lowest BCUT2D eigenvalue weighted by atomic mass is 10.0. The molecule has 2 aliphatic rings. The summed E-state index contributed by atoms with van der Waals surface area (Å²) in [5.74, 6) is 1.76. The van der Waals surface area contributed by atoms with E-state index in [1.807, 2.05) is 11.0 Å². The van der Waals surface area contributed by atoms with Crippen molar-refractivity contribution in [3.05, 3.63) is 24.0 Å². The lowest BCUT2D eigenvalue weighted by molar-refractivity contribution is 0.0740. The van der Waals surface area contributed by atoms with Gasteiger partial charge in [-0.05, 0) is 38.3 Å². The first-order valence-corrected chi connectivity index (χ1v) is 9.63. The van der Waals surface area contributed by atoms with Crippen LogP contribution in [0.3, 0.4) is 0 Å². The lowest BCUT2D eigenvalue weighted by Gasteiger charge is -2.36. The van der Waals surface area contributed by atoms with Crippen LogP contribution in [0.2, 0.25) is 0 Å². The summed E-state index contributed by atoms with van der Waals surface area (Å²) in [5, 5.41) is 16.7. The lowest BCUT2D eigenvalue weighted by Crippen LogP contribution is -2.49. The number of carbonyl (C=O) groups excluding carboxylic acids is 1. The second-order valence-electron chi connectivity index (χ2n) is 7.34. The van der Waals surface area contributed by atoms with Gasteiger partial charge in [-0.1, -0.05) is 5.21 Å². The molecule has 0 N–H and O–H groups in total. The maximum atomic E-state index is 12.5. The Labute approximate surface area is 159 Å². The summed E-state index contributed by atoms with van der Waals surface area (Å²) in [6.07, 6.45) is 5.38. The summed E-state index contributed by atoms with van der Waals surface area (Å²) in [6.45, 7) is 6.06. The number of piperidine rings is 1. The van der Waals surface area contributed by atoms with E-state index in [1.54, 1.807) is 17.9 Å². The largest absolute Gasteiger partial charge is 0.352 e. The van der Waals surface area contributed by atoms with Crippen LogP contribution in [0, 0.1) is 0 Å². The van der Waals surface area contributed by atoms with Crippen molar-refractivity contribution < 1.29 is 4.79 Å². The van der Waals surface area contributed by atoms with Crippen molar-refractivity contribution in [1.82, 2.24) is 30.1 Å². The van der Waals surface area contributed by atoms with Crippen molar-refractivity contribution >= 4 is 17.5 Å². The molecule has 1 amide bonds. The molecule has 144 valence electrons. The van der Waals surface area contributed by atoms with E-state index >= 15 is 0 Å². The molecule has 0 aromatic carbocycles. The van der Waals surface area contributed by atoms with Gasteiger partial charge in [0.05, 0.1) is 6.20 Å². The number of hydrogen-bond donors (Lipinski definition) is 0. The molecule has 0 aliphatic carbocycles. The first-order chi connectivity index (χ1) is 13.1. The van der Waals surface area contributed by atoms with Crippen molar-refractivity contribution in [3.63, 3.8) is 0 Å². The molecule has 27 heavy (non-hydrogen) atoms. The SMILES string of the molecule is CC1CCCCN1c1ccc(N2CCN(C(=O)c3cn(C)nn3)CC2)nn1. The zero-order valence-electron chi connectivity index (χ0n) is 16.0. The van der Waals surface area contributed by atoms with Gasteiger partial charge in [-0.2, -0.15) is 0 Å². The third-order valence-corrected chi connectivity index (χ3v) is 5.45. The van der Waals surface area contributed by atoms with Gasteiger partial charge >= 0.3 is 0 Å². The highest BCUT2D eigenvalue weighted by Gasteiger charge is 2.25. The quantitative estimate of drug-likeness (QED) is 0.795. The summed E-state index contributed by atoms with van der Waals surface area (Å²) in [7, 11) is 1.76. The van der Waals surface area contributed by atoms with Crippen molar-refractivity contribution in [2.45, 2.75) is 32.2 Å². The van der Waals surface area contributed by atoms with Crippen LogP contribution in [-0.4, -0.2) is 74.8 Å². The molecule has 2 fully saturated rings. The first-order valence-electron chi connectivity index (χ1n) is 9.63. The van der Waals surface area contributed by atoms with Crippen LogP contribution >= 0.6 is 0 Å². The van der Waals surface area contributed by atoms with Gasteiger partial charge < -0.3 is 14.7 Å². The molecular formula is C18H26N8O. The molecule has 4 heterocycles. The summed E-state index contributed by atoms with van der Waals surface area (Å²) in [4.78, 5) is 18.8. The van der Waals surface area contributed by atoms with Gasteiger partial charge in [0.15, 0.2) is 17.3 Å². The Kier molecular flexibility index (Phi) is 4.91. The number of hydrogen-bond acceptors (Lipinski definition) is 7. The van der Waals surface area contributed by atoms with Gasteiger partial charge in [-0.15, -0.1) is 15.3 Å². The summed E-state index contributed by atoms with van der Waals surface area (Å²) in [5.41, 5.74) is 0.394. The molecule has 2 saturated heterocycles. The Balaban J connectivity index is 1.36. The molecule has 9 nitrogen and oxygen atoms in total. The van der Waals surface area contributed by atoms with Crippen molar-refractivity contribution in [1.29, 1.82) is 0 Å². The fourth-order valence-corrected chi connectivity index (χ4v) is 3.82. The predicted octanol–water partition coefficient (Wildman–Crippen LogP) is 0.946. The zero-order chi connectivity index (χ0) is 18.8. The third-order valence-electron chi connectivity index (χ3n) is 5.45. The number of aromatic nitrogens is 5. The Morgan fingerprint density at radius 1 is 1.00 bits per heavy atom. The fraction of sp³-hybridized carbons (Fsp3) is 0.611. The number of anilines is 2. The second-order valence-corrected chi connectivity index (χ2v) is 7.34. The molecule has 4 rings (SSSR count). The number of aryl methyl sites for hydroxylation is 1. The number of rotatable bonds is 3. The third kappa shape index (κ3) is 3.72. The van der Waals surface area contributed by atoms with E-state index in [4.69, 9.17) is 0 Å². The van der Waals surface area contributed by atoms with Crippen LogP contribution in [0.4, 0.5) is 11.6 Å². The van der Waals surface area contributed by atoms with E-state index in [0.29, 0.717) is 24.8 Å². The molecule has 0 saturated carbocycles. The monoisotopic (exact) mass is 370 g/mol. The Hall–Kier alpha value is -2.71. The second kappa shape index (κ2) is 7.50. The smallest absolute Gasteiger partial charge is 0.276 e. The van der Waals surface area contributed by atoms with E-state index < -0.39 is 0 Å². The summed E-state index contributed by atoms with van der Waals surface area (Å²) in [6, 6.07) is 4.64. The van der Waals surface area contributed by atoms with Crippen LogP contribution in [-0.2, 0) is 7.05 Å². The molecule has 1 unspecified atom stereocenters. The van der Waals surface area contributed by atoms with E-state index in [0.717, 1.165) is 31.3 Å². The van der Waals surface area contributed by atoms with E-state index in [2.05, 4.69) is 43.3 Å². The van der Waals surface area contributed by atoms with Gasteiger partial charge in [0.1, 0.15) is 0 Å². The molecule has 2 aliphatic heterocycles. The number of carbonyl (C=O) groups is 1. The van der Waals surface area contributed by atoms with Gasteiger partial charge in [-0.25, -0.2) is 0 Å². The Morgan fingerprint density at radius 2 is 1.74 bits per heavy atom. The highest BCUT2D eigenvalue weighted by atomic mass is 16.2. The van der Waals surface area contributed by atoms with Crippen LogP contribution in [0.1, 0.15) is 36.7 Å². The average molecular weight is 370 g/mol. The van der Waals surface area contributed by atoms with Crippen LogP contribution in [0.25, 0.3) is 0 Å². The summed E-state index contributed by atoms with van der Waals surface area (Å²) < 4.78 is 1.55. The predicted molar refractivity (Wildman–Crippen MR) is 102 cm³/mol. The van der Waals surface area contributed by atoms with Crippen molar-refractivity contribution in [3.8, 4) is 0 Å². The number of amides is 1. The van der Waals surface area contributed by atoms with Crippen LogP contribution < -0.4 is 9.80 Å². The number of piperazine rings is 1. The van der Waals surface area contributed by atoms with Crippen LogP contribution in [0.15, 0.2) is 18.3 Å². The minimum atomic E-state index is -0.0664. The normalized spacial score (nSPS) is 20.8. The van der Waals surface area contributed by atoms with E-state index in [1.165, 1.54) is 19.3 Å². The highest BCUT2D eigenvalue weighted by Crippen LogP contribution is 2.23. The minimum absolute atomic E-state index is 0.0664. The standard InChI is InChI=1S/C18H26N8O/c1-14-5-3-4-8-26(14)17-7-6-16(20-21-17)24-9-11-25(12-10-24)18(27)15-13-23(2)22-19-15/h6-7,13-14H,3-5,8-12H2,1-2H3. The number of nitrogens with zero attached hydrogens (tertiary/aromatic N) is 8.